The van der Waals surface area contributed by atoms with E-state index in [-0.39, 0.29) is 5.97 Å². The molecule has 5 heteroatoms. The molecule has 0 saturated heterocycles. The first-order chi connectivity index (χ1) is 9.10. The van der Waals surface area contributed by atoms with Gasteiger partial charge in [-0.25, -0.2) is 4.79 Å². The van der Waals surface area contributed by atoms with Gasteiger partial charge in [0.15, 0.2) is 0 Å². The van der Waals surface area contributed by atoms with Gasteiger partial charge in [-0.05, 0) is 37.0 Å². The van der Waals surface area contributed by atoms with Crippen LogP contribution in [0.2, 0.25) is 0 Å². The fourth-order valence-electron chi connectivity index (χ4n) is 1.73. The van der Waals surface area contributed by atoms with Crippen molar-refractivity contribution in [2.24, 2.45) is 5.92 Å². The number of benzene rings is 1. The molecule has 0 radical (unpaired) electrons. The molecule has 0 aliphatic heterocycles. The average molecular weight is 282 g/mol. The number of esters is 1. The second kappa shape index (κ2) is 7.94. The summed E-state index contributed by atoms with van der Waals surface area (Å²) < 4.78 is 4.98. The molecule has 0 aliphatic carbocycles. The first kappa shape index (κ1) is 15.7. The molecular formula is C14H22N2O2S. The molecule has 1 rings (SSSR count). The van der Waals surface area contributed by atoms with Gasteiger partial charge in [0.1, 0.15) is 0 Å². The van der Waals surface area contributed by atoms with Gasteiger partial charge in [-0.3, -0.25) is 0 Å². The third kappa shape index (κ3) is 4.67. The zero-order chi connectivity index (χ0) is 14.3. The topological polar surface area (TPSA) is 64.3 Å². The minimum absolute atomic E-state index is 0.348. The third-order valence-electron chi connectivity index (χ3n) is 2.69. The maximum Gasteiger partial charge on any atom is 0.340 e. The number of ether oxygens (including phenoxy) is 1. The highest BCUT2D eigenvalue weighted by Gasteiger charge is 2.13. The van der Waals surface area contributed by atoms with Crippen molar-refractivity contribution < 1.29 is 9.53 Å². The molecule has 1 atom stereocenters. The second-order valence-electron chi connectivity index (χ2n) is 4.43. The highest BCUT2D eigenvalue weighted by molar-refractivity contribution is 7.98. The quantitative estimate of drug-likeness (QED) is 0.594. The number of thioether (sulfide) groups is 1. The van der Waals surface area contributed by atoms with Crippen LogP contribution in [0.15, 0.2) is 18.2 Å². The molecule has 4 nitrogen and oxygen atoms in total. The molecule has 0 saturated carbocycles. The number of para-hydroxylation sites is 1. The molecule has 1 aromatic carbocycles. The Hall–Kier alpha value is -1.36. The Labute approximate surface area is 119 Å². The molecule has 3 N–H and O–H groups in total. The van der Waals surface area contributed by atoms with E-state index in [0.29, 0.717) is 23.8 Å². The number of carbonyl (C=O) groups is 1. The predicted octanol–water partition coefficient (Wildman–Crippen LogP) is 2.86. The summed E-state index contributed by atoms with van der Waals surface area (Å²) in [5, 5.41) is 3.29. The number of nitrogens with one attached hydrogen (secondary N) is 1. The van der Waals surface area contributed by atoms with E-state index in [4.69, 9.17) is 10.5 Å². The lowest BCUT2D eigenvalue weighted by molar-refractivity contribution is 0.0527. The van der Waals surface area contributed by atoms with Crippen LogP contribution < -0.4 is 11.1 Å². The molecule has 0 aromatic heterocycles. The minimum Gasteiger partial charge on any atom is -0.462 e. The lowest BCUT2D eigenvalue weighted by Crippen LogP contribution is -2.15. The summed E-state index contributed by atoms with van der Waals surface area (Å²) in [4.78, 5) is 11.7. The summed E-state index contributed by atoms with van der Waals surface area (Å²) in [5.41, 5.74) is 7.67. The molecule has 1 unspecified atom stereocenters. The Morgan fingerprint density at radius 3 is 2.89 bits per heavy atom. The molecule has 0 heterocycles. The summed E-state index contributed by atoms with van der Waals surface area (Å²) in [7, 11) is 0. The van der Waals surface area contributed by atoms with Crippen molar-refractivity contribution in [2.45, 2.75) is 13.8 Å². The monoisotopic (exact) mass is 282 g/mol. The van der Waals surface area contributed by atoms with Gasteiger partial charge < -0.3 is 15.8 Å². The summed E-state index contributed by atoms with van der Waals surface area (Å²) in [6.45, 7) is 5.13. The van der Waals surface area contributed by atoms with Crippen molar-refractivity contribution in [3.8, 4) is 0 Å². The number of anilines is 2. The highest BCUT2D eigenvalue weighted by atomic mass is 32.2. The molecule has 0 amide bonds. The molecule has 106 valence electrons. The lowest BCUT2D eigenvalue weighted by atomic mass is 10.1. The van der Waals surface area contributed by atoms with Crippen molar-refractivity contribution in [1.82, 2.24) is 0 Å². The summed E-state index contributed by atoms with van der Waals surface area (Å²) in [5.74, 6) is 1.26. The molecule has 19 heavy (non-hydrogen) atoms. The first-order valence-electron chi connectivity index (χ1n) is 6.38. The maximum atomic E-state index is 11.7. The molecule has 0 fully saturated rings. The first-order valence-corrected chi connectivity index (χ1v) is 7.77. The van der Waals surface area contributed by atoms with E-state index in [1.807, 2.05) is 23.9 Å². The van der Waals surface area contributed by atoms with E-state index >= 15 is 0 Å². The Morgan fingerprint density at radius 1 is 1.53 bits per heavy atom. The van der Waals surface area contributed by atoms with Crippen LogP contribution in [0.1, 0.15) is 24.2 Å². The van der Waals surface area contributed by atoms with Gasteiger partial charge in [0.25, 0.3) is 0 Å². The number of hydrogen-bond donors (Lipinski definition) is 2. The van der Waals surface area contributed by atoms with Crippen molar-refractivity contribution in [3.63, 3.8) is 0 Å². The van der Waals surface area contributed by atoms with Crippen molar-refractivity contribution in [1.29, 1.82) is 0 Å². The zero-order valence-electron chi connectivity index (χ0n) is 11.7. The van der Waals surface area contributed by atoms with Gasteiger partial charge in [-0.2, -0.15) is 11.8 Å². The molecule has 0 spiro atoms. The standard InChI is InChI=1S/C14H22N2O2S/c1-4-18-14(17)11-6-5-7-12(13(11)15)16-8-10(2)9-19-3/h5-7,10,16H,4,8-9,15H2,1-3H3. The van der Waals surface area contributed by atoms with Crippen molar-refractivity contribution >= 4 is 29.1 Å². The van der Waals surface area contributed by atoms with Crippen LogP contribution in [0.3, 0.4) is 0 Å². The van der Waals surface area contributed by atoms with E-state index in [1.54, 1.807) is 13.0 Å². The lowest BCUT2D eigenvalue weighted by Gasteiger charge is -2.15. The van der Waals surface area contributed by atoms with Crippen LogP contribution in [0.5, 0.6) is 0 Å². The fraction of sp³-hybridized carbons (Fsp3) is 0.500. The minimum atomic E-state index is -0.374. The summed E-state index contributed by atoms with van der Waals surface area (Å²) in [6.07, 6.45) is 2.09. The number of carbonyl (C=O) groups excluding carboxylic acids is 1. The van der Waals surface area contributed by atoms with Crippen LogP contribution in [0.4, 0.5) is 11.4 Å². The molecule has 0 aliphatic rings. The van der Waals surface area contributed by atoms with Crippen LogP contribution in [-0.4, -0.2) is 31.1 Å². The van der Waals surface area contributed by atoms with Crippen molar-refractivity contribution in [3.05, 3.63) is 23.8 Å². The van der Waals surface area contributed by atoms with E-state index in [1.165, 1.54) is 0 Å². The predicted molar refractivity (Wildman–Crippen MR) is 82.8 cm³/mol. The van der Waals surface area contributed by atoms with Gasteiger partial charge in [0, 0.05) is 6.54 Å². The van der Waals surface area contributed by atoms with Crippen LogP contribution in [-0.2, 0) is 4.74 Å². The largest absolute Gasteiger partial charge is 0.462 e. The van der Waals surface area contributed by atoms with Crippen LogP contribution >= 0.6 is 11.8 Å². The molecule has 0 bridgehead atoms. The van der Waals surface area contributed by atoms with Gasteiger partial charge in [0.05, 0.1) is 23.5 Å². The van der Waals surface area contributed by atoms with E-state index in [2.05, 4.69) is 18.5 Å². The SMILES string of the molecule is CCOC(=O)c1cccc(NCC(C)CSC)c1N. The maximum absolute atomic E-state index is 11.7. The van der Waals surface area contributed by atoms with Crippen molar-refractivity contribution in [2.75, 3.05) is 36.2 Å². The Kier molecular flexibility index (Phi) is 6.56. The van der Waals surface area contributed by atoms with E-state index in [0.717, 1.165) is 18.0 Å². The highest BCUT2D eigenvalue weighted by Crippen LogP contribution is 2.24. The van der Waals surface area contributed by atoms with Crippen LogP contribution in [0, 0.1) is 5.92 Å². The van der Waals surface area contributed by atoms with E-state index in [9.17, 15) is 4.79 Å². The average Bonchev–Trinajstić information content (AvgIpc) is 2.38. The van der Waals surface area contributed by atoms with Gasteiger partial charge >= 0.3 is 5.97 Å². The Bertz CT molecular complexity index is 424. The number of hydrogen-bond acceptors (Lipinski definition) is 5. The Balaban J connectivity index is 2.74. The normalized spacial score (nSPS) is 11.9. The number of nitrogens with two attached hydrogens (primary N) is 1. The van der Waals surface area contributed by atoms with Gasteiger partial charge in [-0.1, -0.05) is 13.0 Å². The third-order valence-corrected chi connectivity index (χ3v) is 3.60. The second-order valence-corrected chi connectivity index (χ2v) is 5.34. The fourth-order valence-corrected chi connectivity index (χ4v) is 2.42. The smallest absolute Gasteiger partial charge is 0.340 e. The number of rotatable bonds is 7. The van der Waals surface area contributed by atoms with Crippen LogP contribution in [0.25, 0.3) is 0 Å². The van der Waals surface area contributed by atoms with Gasteiger partial charge in [0.2, 0.25) is 0 Å². The zero-order valence-corrected chi connectivity index (χ0v) is 12.5. The van der Waals surface area contributed by atoms with E-state index < -0.39 is 0 Å². The summed E-state index contributed by atoms with van der Waals surface area (Å²) in [6, 6.07) is 5.37. The molecular weight excluding hydrogens is 260 g/mol. The van der Waals surface area contributed by atoms with Gasteiger partial charge in [-0.15, -0.1) is 0 Å². The Morgan fingerprint density at radius 2 is 2.26 bits per heavy atom. The molecule has 1 aromatic rings. The summed E-state index contributed by atoms with van der Waals surface area (Å²) >= 11 is 1.82. The number of nitrogen functional groups attached to an aromatic ring is 1.